The average Bonchev–Trinajstić information content (AvgIpc) is 0. The van der Waals surface area contributed by atoms with Crippen molar-refractivity contribution in [2.75, 3.05) is 0 Å². The molecule has 0 bridgehead atoms. The maximum absolute atomic E-state index is 0. The molecule has 0 aliphatic rings. The Bertz CT molecular complexity index is 4.35. The first-order chi connectivity index (χ1) is 0. The minimum absolute atomic E-state index is 0. The van der Waals surface area contributed by atoms with Crippen molar-refractivity contribution in [3.63, 3.8) is 0 Å². The topological polar surface area (TPSA) is 220 Å². The first-order valence-corrected chi connectivity index (χ1v) is 0. The monoisotopic (exact) mass is 265 g/mol. The van der Waals surface area contributed by atoms with Gasteiger partial charge in [-0.15, -0.1) is 0 Å². The smallest absolute Gasteiger partial charge is 0 e. The van der Waals surface area contributed by atoms with E-state index in [1.165, 1.54) is 0 Å². The van der Waals surface area contributed by atoms with Crippen LogP contribution in [0, 0.1) is 35.6 Å². The van der Waals surface area contributed by atoms with Gasteiger partial charge in [-0.3, -0.25) is 0 Å². The molecule has 0 amide bonds. The van der Waals surface area contributed by atoms with Crippen molar-refractivity contribution in [2.45, 2.75) is 0 Å². The molecule has 1 radical (unpaired) electrons. The van der Waals surface area contributed by atoms with Crippen molar-refractivity contribution in [3.8, 4) is 0 Å². The molecule has 7 nitrogen and oxygen atoms in total. The number of hydrogen-bond donors (Lipinski definition) is 0. The standard InChI is InChI=1S/La.7H2O/h;7*1H2. The molecule has 0 atom stereocenters. The minimum Gasteiger partial charge on any atom is -0.412 e. The Morgan fingerprint density at radius 3 is 0.250 bits per heavy atom. The molecule has 0 fully saturated rings. The molecule has 14 N–H and O–H groups in total. The van der Waals surface area contributed by atoms with E-state index in [1.807, 2.05) is 0 Å². The van der Waals surface area contributed by atoms with Crippen LogP contribution in [0.5, 0.6) is 0 Å². The summed E-state index contributed by atoms with van der Waals surface area (Å²) in [6.45, 7) is 0. The maximum Gasteiger partial charge on any atom is 0 e. The van der Waals surface area contributed by atoms with Crippen LogP contribution in [0.25, 0.3) is 0 Å². The molecule has 0 saturated heterocycles. The molecular formula is H14LaO7. The summed E-state index contributed by atoms with van der Waals surface area (Å²) in [4.78, 5) is 0. The van der Waals surface area contributed by atoms with Crippen molar-refractivity contribution in [1.82, 2.24) is 0 Å². The van der Waals surface area contributed by atoms with Gasteiger partial charge in [-0.05, 0) is 0 Å². The second-order valence-electron chi connectivity index (χ2n) is 0. The maximum atomic E-state index is 0. The van der Waals surface area contributed by atoms with Crippen molar-refractivity contribution >= 4 is 0 Å². The van der Waals surface area contributed by atoms with Crippen LogP contribution < -0.4 is 0 Å². The second-order valence-corrected chi connectivity index (χ2v) is 0. The van der Waals surface area contributed by atoms with Gasteiger partial charge < -0.3 is 38.3 Å². The molecule has 0 spiro atoms. The fourth-order valence-electron chi connectivity index (χ4n) is 0. The molecule has 0 aliphatic heterocycles. The van der Waals surface area contributed by atoms with Gasteiger partial charge in [0.1, 0.15) is 0 Å². The summed E-state index contributed by atoms with van der Waals surface area (Å²) < 4.78 is 0. The van der Waals surface area contributed by atoms with Crippen LogP contribution >= 0.6 is 0 Å². The fourth-order valence-corrected chi connectivity index (χ4v) is 0. The summed E-state index contributed by atoms with van der Waals surface area (Å²) in [6.07, 6.45) is 0. The average molecular weight is 265 g/mol. The largest absolute Gasteiger partial charge is 0.412 e. The van der Waals surface area contributed by atoms with Gasteiger partial charge in [-0.2, -0.15) is 0 Å². The quantitative estimate of drug-likeness (QED) is 0.399. The molecule has 8 heteroatoms. The van der Waals surface area contributed by atoms with Gasteiger partial charge in [0.2, 0.25) is 0 Å². The molecule has 0 aromatic heterocycles. The van der Waals surface area contributed by atoms with Gasteiger partial charge in [0, 0.05) is 35.6 Å². The predicted octanol–water partition coefficient (Wildman–Crippen LogP) is -5.77. The summed E-state index contributed by atoms with van der Waals surface area (Å²) in [7, 11) is 0. The van der Waals surface area contributed by atoms with E-state index in [2.05, 4.69) is 0 Å². The molecule has 0 heterocycles. The molecule has 0 saturated carbocycles. The van der Waals surface area contributed by atoms with Crippen molar-refractivity contribution in [2.24, 2.45) is 0 Å². The third kappa shape index (κ3) is 289. The normalized spacial score (nSPS) is 0. The molecule has 59 valence electrons. The Hall–Kier alpha value is 0.915. The van der Waals surface area contributed by atoms with Crippen molar-refractivity contribution in [1.29, 1.82) is 0 Å². The van der Waals surface area contributed by atoms with Crippen LogP contribution in [0.15, 0.2) is 0 Å². The summed E-state index contributed by atoms with van der Waals surface area (Å²) in [5.74, 6) is 0. The summed E-state index contributed by atoms with van der Waals surface area (Å²) in [5.41, 5.74) is 0. The zero-order valence-electron chi connectivity index (χ0n) is 4.08. The van der Waals surface area contributed by atoms with Gasteiger partial charge in [0.05, 0.1) is 0 Å². The molecule has 0 unspecified atom stereocenters. The van der Waals surface area contributed by atoms with E-state index in [9.17, 15) is 0 Å². The van der Waals surface area contributed by atoms with E-state index in [1.54, 1.807) is 0 Å². The van der Waals surface area contributed by atoms with Gasteiger partial charge in [0.15, 0.2) is 0 Å². The Balaban J connectivity index is 0. The predicted molar refractivity (Wildman–Crippen MR) is 25.3 cm³/mol. The Morgan fingerprint density at radius 2 is 0.250 bits per heavy atom. The summed E-state index contributed by atoms with van der Waals surface area (Å²) in [6, 6.07) is 0. The van der Waals surface area contributed by atoms with E-state index in [0.29, 0.717) is 0 Å². The van der Waals surface area contributed by atoms with E-state index in [4.69, 9.17) is 0 Å². The van der Waals surface area contributed by atoms with Crippen molar-refractivity contribution < 1.29 is 73.9 Å². The second kappa shape index (κ2) is 452. The molecule has 0 aromatic rings. The van der Waals surface area contributed by atoms with Crippen LogP contribution in [-0.4, -0.2) is 38.3 Å². The van der Waals surface area contributed by atoms with Gasteiger partial charge >= 0.3 is 0 Å². The molecule has 0 aromatic carbocycles. The van der Waals surface area contributed by atoms with Crippen LogP contribution in [0.4, 0.5) is 0 Å². The van der Waals surface area contributed by atoms with E-state index >= 15 is 0 Å². The fraction of sp³-hybridized carbons (Fsp3) is 0. The van der Waals surface area contributed by atoms with E-state index < -0.39 is 0 Å². The van der Waals surface area contributed by atoms with Crippen LogP contribution in [0.2, 0.25) is 0 Å². The Kier molecular flexibility index (Phi) is 37700. The van der Waals surface area contributed by atoms with Crippen molar-refractivity contribution in [3.05, 3.63) is 0 Å². The van der Waals surface area contributed by atoms with Gasteiger partial charge in [-0.25, -0.2) is 0 Å². The molecule has 8 heavy (non-hydrogen) atoms. The summed E-state index contributed by atoms with van der Waals surface area (Å²) >= 11 is 0. The third-order valence-electron chi connectivity index (χ3n) is 0. The van der Waals surface area contributed by atoms with E-state index in [-0.39, 0.29) is 73.9 Å². The Morgan fingerprint density at radius 1 is 0.250 bits per heavy atom. The van der Waals surface area contributed by atoms with Crippen LogP contribution in [-0.2, 0) is 0 Å². The number of rotatable bonds is 0. The van der Waals surface area contributed by atoms with Gasteiger partial charge in [-0.1, -0.05) is 0 Å². The van der Waals surface area contributed by atoms with Crippen LogP contribution in [0.3, 0.4) is 0 Å². The first-order valence-electron chi connectivity index (χ1n) is 0. The molecule has 0 rings (SSSR count). The number of hydrogen-bond acceptors (Lipinski definition) is 0. The zero-order chi connectivity index (χ0) is 0. The zero-order valence-corrected chi connectivity index (χ0v) is 7.70. The Labute approximate surface area is 73.8 Å². The minimum atomic E-state index is 0. The van der Waals surface area contributed by atoms with Crippen LogP contribution in [0.1, 0.15) is 0 Å². The third-order valence-corrected chi connectivity index (χ3v) is 0. The first kappa shape index (κ1) is 667. The SMILES string of the molecule is O.O.O.O.O.O.O.[La]. The van der Waals surface area contributed by atoms with E-state index in [0.717, 1.165) is 0 Å². The summed E-state index contributed by atoms with van der Waals surface area (Å²) in [5, 5.41) is 0. The van der Waals surface area contributed by atoms with Gasteiger partial charge in [0.25, 0.3) is 0 Å². The molecular weight excluding hydrogens is 251 g/mol. The molecule has 0 aliphatic carbocycles.